The molecule has 2 aromatic carbocycles. The Morgan fingerprint density at radius 2 is 1.80 bits per heavy atom. The number of hydrogen-bond acceptors (Lipinski definition) is 4. The smallest absolute Gasteiger partial charge is 0.231 e. The molecule has 3 N–H and O–H groups in total. The first kappa shape index (κ1) is 12.3. The molecule has 1 aliphatic rings. The van der Waals surface area contributed by atoms with Gasteiger partial charge >= 0.3 is 0 Å². The average Bonchev–Trinajstić information content (AvgIpc) is 2.85. The molecular weight excluding hydrogens is 256 g/mol. The fraction of sp³-hybridized carbons (Fsp3) is 0.133. The molecule has 20 heavy (non-hydrogen) atoms. The van der Waals surface area contributed by atoms with Crippen LogP contribution in [0.2, 0.25) is 0 Å². The number of nitrogen functional groups attached to an aromatic ring is 1. The fourth-order valence-corrected chi connectivity index (χ4v) is 2.08. The Kier molecular flexibility index (Phi) is 2.95. The second kappa shape index (κ2) is 4.77. The molecule has 0 aromatic heterocycles. The second-order valence-corrected chi connectivity index (χ2v) is 4.51. The van der Waals surface area contributed by atoms with E-state index in [0.29, 0.717) is 22.8 Å². The van der Waals surface area contributed by atoms with Crippen LogP contribution in [0.5, 0.6) is 23.0 Å². The number of benzene rings is 2. The minimum atomic E-state index is 0.0529. The number of rotatable bonds is 3. The van der Waals surface area contributed by atoms with Gasteiger partial charge in [0.15, 0.2) is 11.5 Å². The van der Waals surface area contributed by atoms with Gasteiger partial charge in [-0.25, -0.2) is 0 Å². The van der Waals surface area contributed by atoms with Crippen LogP contribution >= 0.6 is 0 Å². The van der Waals surface area contributed by atoms with Gasteiger partial charge < -0.3 is 19.9 Å². The number of ether oxygens (including phenoxy) is 3. The fourth-order valence-electron chi connectivity index (χ4n) is 2.08. The van der Waals surface area contributed by atoms with Gasteiger partial charge in [-0.1, -0.05) is 0 Å². The van der Waals surface area contributed by atoms with Gasteiger partial charge in [-0.15, -0.1) is 0 Å². The Labute approximate surface area is 116 Å². The molecule has 0 fully saturated rings. The van der Waals surface area contributed by atoms with Crippen LogP contribution in [0.4, 0.5) is 0 Å². The summed E-state index contributed by atoms with van der Waals surface area (Å²) in [7, 11) is 0. The van der Waals surface area contributed by atoms with Crippen molar-refractivity contribution in [3.05, 3.63) is 47.5 Å². The summed E-state index contributed by atoms with van der Waals surface area (Å²) in [5.74, 6) is 2.81. The third kappa shape index (κ3) is 2.25. The highest BCUT2D eigenvalue weighted by molar-refractivity contribution is 5.96. The highest BCUT2D eigenvalue weighted by atomic mass is 16.7. The lowest BCUT2D eigenvalue weighted by molar-refractivity contribution is 0.174. The molecule has 102 valence electrons. The van der Waals surface area contributed by atoms with Crippen molar-refractivity contribution >= 4 is 5.84 Å². The van der Waals surface area contributed by atoms with E-state index in [1.807, 2.05) is 25.1 Å². The van der Waals surface area contributed by atoms with Crippen LogP contribution in [0.15, 0.2) is 36.4 Å². The molecule has 5 heteroatoms. The van der Waals surface area contributed by atoms with Crippen LogP contribution in [0, 0.1) is 12.3 Å². The lowest BCUT2D eigenvalue weighted by Gasteiger charge is -2.09. The van der Waals surface area contributed by atoms with Crippen LogP contribution in [0.25, 0.3) is 0 Å². The van der Waals surface area contributed by atoms with Crippen LogP contribution < -0.4 is 19.9 Å². The van der Waals surface area contributed by atoms with Crippen molar-refractivity contribution in [3.63, 3.8) is 0 Å². The Morgan fingerprint density at radius 3 is 2.55 bits per heavy atom. The van der Waals surface area contributed by atoms with Crippen LogP contribution in [-0.2, 0) is 0 Å². The molecule has 0 atom stereocenters. The highest BCUT2D eigenvalue weighted by Gasteiger charge is 2.14. The number of nitrogens with two attached hydrogens (primary N) is 1. The van der Waals surface area contributed by atoms with Gasteiger partial charge in [0, 0.05) is 11.6 Å². The molecule has 1 heterocycles. The van der Waals surface area contributed by atoms with E-state index >= 15 is 0 Å². The zero-order valence-electron chi connectivity index (χ0n) is 11.0. The molecule has 0 bridgehead atoms. The van der Waals surface area contributed by atoms with E-state index in [-0.39, 0.29) is 12.6 Å². The molecule has 0 radical (unpaired) electrons. The number of hydrogen-bond donors (Lipinski definition) is 2. The van der Waals surface area contributed by atoms with Gasteiger partial charge in [0.25, 0.3) is 0 Å². The van der Waals surface area contributed by atoms with Crippen molar-refractivity contribution in [1.82, 2.24) is 0 Å². The first-order valence-corrected chi connectivity index (χ1v) is 6.16. The zero-order chi connectivity index (χ0) is 14.1. The normalized spacial score (nSPS) is 12.2. The van der Waals surface area contributed by atoms with Gasteiger partial charge in [-0.2, -0.15) is 0 Å². The third-order valence-corrected chi connectivity index (χ3v) is 3.07. The molecular formula is C15H14N2O3. The molecule has 0 spiro atoms. The number of fused-ring (bicyclic) bond motifs is 1. The monoisotopic (exact) mass is 270 g/mol. The summed E-state index contributed by atoms with van der Waals surface area (Å²) >= 11 is 0. The number of amidine groups is 1. The van der Waals surface area contributed by atoms with E-state index in [4.69, 9.17) is 25.4 Å². The Bertz CT molecular complexity index is 683. The lowest BCUT2D eigenvalue weighted by Crippen LogP contribution is -2.12. The molecule has 0 unspecified atom stereocenters. The topological polar surface area (TPSA) is 77.6 Å². The Hall–Kier alpha value is -2.69. The first-order chi connectivity index (χ1) is 9.63. The van der Waals surface area contributed by atoms with E-state index in [2.05, 4.69) is 0 Å². The number of nitrogens with one attached hydrogen (secondary N) is 1. The summed E-state index contributed by atoms with van der Waals surface area (Å²) in [5, 5.41) is 7.46. The summed E-state index contributed by atoms with van der Waals surface area (Å²) in [6.45, 7) is 2.13. The van der Waals surface area contributed by atoms with E-state index in [1.165, 1.54) is 0 Å². The van der Waals surface area contributed by atoms with E-state index in [9.17, 15) is 0 Å². The second-order valence-electron chi connectivity index (χ2n) is 4.51. The molecule has 0 saturated heterocycles. The van der Waals surface area contributed by atoms with Gasteiger partial charge in [-0.05, 0) is 42.8 Å². The van der Waals surface area contributed by atoms with Crippen molar-refractivity contribution < 1.29 is 14.2 Å². The van der Waals surface area contributed by atoms with Gasteiger partial charge in [0.2, 0.25) is 6.79 Å². The van der Waals surface area contributed by atoms with Gasteiger partial charge in [0.1, 0.15) is 17.3 Å². The summed E-state index contributed by atoms with van der Waals surface area (Å²) in [5.41, 5.74) is 7.10. The quantitative estimate of drug-likeness (QED) is 0.664. The third-order valence-electron chi connectivity index (χ3n) is 3.07. The van der Waals surface area contributed by atoms with Crippen molar-refractivity contribution in [2.45, 2.75) is 6.92 Å². The van der Waals surface area contributed by atoms with Crippen molar-refractivity contribution in [2.24, 2.45) is 5.73 Å². The summed E-state index contributed by atoms with van der Waals surface area (Å²) in [6, 6.07) is 10.8. The zero-order valence-corrected chi connectivity index (χ0v) is 11.0. The summed E-state index contributed by atoms with van der Waals surface area (Å²) in [6.07, 6.45) is 0. The maximum Gasteiger partial charge on any atom is 0.231 e. The maximum absolute atomic E-state index is 7.46. The molecule has 1 aliphatic heterocycles. The van der Waals surface area contributed by atoms with Crippen LogP contribution in [-0.4, -0.2) is 12.6 Å². The predicted molar refractivity (Wildman–Crippen MR) is 74.8 cm³/mol. The molecule has 0 aliphatic carbocycles. The molecule has 3 rings (SSSR count). The van der Waals surface area contributed by atoms with Crippen LogP contribution in [0.3, 0.4) is 0 Å². The standard InChI is InChI=1S/C15H14N2O3/c1-9-6-10(2-4-12(9)15(16)17)20-11-3-5-13-14(7-11)19-8-18-13/h2-7H,8H2,1H3,(H3,16,17). The van der Waals surface area contributed by atoms with Gasteiger partial charge in [-0.3, -0.25) is 5.41 Å². The molecule has 5 nitrogen and oxygen atoms in total. The Morgan fingerprint density at radius 1 is 1.10 bits per heavy atom. The average molecular weight is 270 g/mol. The molecule has 2 aromatic rings. The molecule has 0 saturated carbocycles. The van der Waals surface area contributed by atoms with E-state index in [1.54, 1.807) is 18.2 Å². The predicted octanol–water partition coefficient (Wildman–Crippen LogP) is 2.80. The van der Waals surface area contributed by atoms with Crippen molar-refractivity contribution in [2.75, 3.05) is 6.79 Å². The SMILES string of the molecule is Cc1cc(Oc2ccc3c(c2)OCO3)ccc1C(=N)N. The van der Waals surface area contributed by atoms with Crippen molar-refractivity contribution in [3.8, 4) is 23.0 Å². The summed E-state index contributed by atoms with van der Waals surface area (Å²) in [4.78, 5) is 0. The lowest BCUT2D eigenvalue weighted by atomic mass is 10.1. The maximum atomic E-state index is 7.46. The minimum absolute atomic E-state index is 0.0529. The Balaban J connectivity index is 1.84. The van der Waals surface area contributed by atoms with E-state index in [0.717, 1.165) is 11.3 Å². The highest BCUT2D eigenvalue weighted by Crippen LogP contribution is 2.36. The largest absolute Gasteiger partial charge is 0.457 e. The molecule has 0 amide bonds. The summed E-state index contributed by atoms with van der Waals surface area (Å²) < 4.78 is 16.3. The minimum Gasteiger partial charge on any atom is -0.457 e. The van der Waals surface area contributed by atoms with Gasteiger partial charge in [0.05, 0.1) is 0 Å². The van der Waals surface area contributed by atoms with Crippen LogP contribution in [0.1, 0.15) is 11.1 Å². The number of aryl methyl sites for hydroxylation is 1. The first-order valence-electron chi connectivity index (χ1n) is 6.16. The van der Waals surface area contributed by atoms with E-state index < -0.39 is 0 Å². The van der Waals surface area contributed by atoms with Crippen molar-refractivity contribution in [1.29, 1.82) is 5.41 Å².